The molecule has 1 aromatic rings. The molecule has 0 aromatic heterocycles. The fraction of sp³-hybridized carbons (Fsp3) is 0.562. The van der Waals surface area contributed by atoms with Gasteiger partial charge in [-0.2, -0.15) is 0 Å². The van der Waals surface area contributed by atoms with Crippen LogP contribution in [-0.2, 0) is 4.79 Å². The number of carbonyl (C=O) groups excluding carboxylic acids is 1. The smallest absolute Gasteiger partial charge is 0.244 e. The van der Waals surface area contributed by atoms with E-state index < -0.39 is 5.54 Å². The van der Waals surface area contributed by atoms with E-state index in [1.165, 1.54) is 6.07 Å². The maximum absolute atomic E-state index is 14.2. The number of likely N-dealkylation sites (tertiary alicyclic amines) is 1. The van der Waals surface area contributed by atoms with E-state index in [4.69, 9.17) is 0 Å². The second-order valence-corrected chi connectivity index (χ2v) is 6.57. The summed E-state index contributed by atoms with van der Waals surface area (Å²) < 4.78 is 14.2. The maximum atomic E-state index is 14.2. The molecule has 1 N–H and O–H groups in total. The topological polar surface area (TPSA) is 35.6 Å². The van der Waals surface area contributed by atoms with Crippen LogP contribution in [0.5, 0.6) is 0 Å². The van der Waals surface area contributed by atoms with Crippen molar-refractivity contribution in [3.8, 4) is 0 Å². The fourth-order valence-corrected chi connectivity index (χ4v) is 3.68. The molecular weight excluding hydrogens is 269 g/mol. The van der Waals surface area contributed by atoms with Crippen molar-refractivity contribution in [1.29, 1.82) is 0 Å². The van der Waals surface area contributed by atoms with Crippen molar-refractivity contribution in [3.05, 3.63) is 35.6 Å². The summed E-state index contributed by atoms with van der Waals surface area (Å²) in [5.74, 6) is -0.0760. The van der Waals surface area contributed by atoms with Gasteiger partial charge in [0.05, 0.1) is 0 Å². The van der Waals surface area contributed by atoms with Gasteiger partial charge in [0, 0.05) is 18.2 Å². The van der Waals surface area contributed by atoms with Gasteiger partial charge in [-0.15, -0.1) is 0 Å². The average Bonchev–Trinajstić information content (AvgIpc) is 3.04. The number of nitrogens with zero attached hydrogens (tertiary/aromatic N) is 2. The average molecular weight is 289 g/mol. The summed E-state index contributed by atoms with van der Waals surface area (Å²) in [6.07, 6.45) is 2.38. The number of hydrogen-bond donors (Lipinski definition) is 1. The van der Waals surface area contributed by atoms with Crippen LogP contribution in [0.2, 0.25) is 0 Å². The number of likely N-dealkylation sites (N-methyl/N-ethyl adjacent to an activating group) is 1. The predicted octanol–water partition coefficient (Wildman–Crippen LogP) is 1.49. The normalized spacial score (nSPS) is 31.3. The number of benzene rings is 1. The largest absolute Gasteiger partial charge is 0.317 e. The molecular formula is C16H20FN3O. The summed E-state index contributed by atoms with van der Waals surface area (Å²) in [6.45, 7) is 1.86. The number of carbonyl (C=O) groups is 1. The van der Waals surface area contributed by atoms with Gasteiger partial charge < -0.3 is 9.80 Å². The summed E-state index contributed by atoms with van der Waals surface area (Å²) in [6, 6.07) is 6.96. The molecule has 112 valence electrons. The Morgan fingerprint density at radius 3 is 2.71 bits per heavy atom. The van der Waals surface area contributed by atoms with Gasteiger partial charge in [0.1, 0.15) is 17.5 Å². The standard InChI is InChI=1S/C16H20FN3O/c1-19-9-6-11(10-19)20-14(12-4-2-3-5-13(12)17)18-16(7-8-16)15(20)21/h2-5,11,14,18H,6-10H2,1H3. The van der Waals surface area contributed by atoms with Crippen LogP contribution in [0.1, 0.15) is 31.0 Å². The lowest BCUT2D eigenvalue weighted by Gasteiger charge is -2.30. The van der Waals surface area contributed by atoms with E-state index in [-0.39, 0.29) is 23.9 Å². The second kappa shape index (κ2) is 4.52. The molecule has 0 radical (unpaired) electrons. The molecule has 3 aliphatic rings. The molecule has 3 fully saturated rings. The first-order chi connectivity index (χ1) is 10.1. The Morgan fingerprint density at radius 1 is 1.33 bits per heavy atom. The van der Waals surface area contributed by atoms with Gasteiger partial charge in [0.15, 0.2) is 0 Å². The van der Waals surface area contributed by atoms with Gasteiger partial charge in [-0.05, 0) is 38.9 Å². The van der Waals surface area contributed by atoms with Crippen LogP contribution in [0.3, 0.4) is 0 Å². The number of halogens is 1. The fourth-order valence-electron chi connectivity index (χ4n) is 3.68. The summed E-state index contributed by atoms with van der Waals surface area (Å²) in [4.78, 5) is 16.9. The molecule has 2 atom stereocenters. The maximum Gasteiger partial charge on any atom is 0.244 e. The number of nitrogens with one attached hydrogen (secondary N) is 1. The third-order valence-electron chi connectivity index (χ3n) is 5.04. The van der Waals surface area contributed by atoms with E-state index in [2.05, 4.69) is 17.3 Å². The van der Waals surface area contributed by atoms with Crippen molar-refractivity contribution < 1.29 is 9.18 Å². The van der Waals surface area contributed by atoms with Crippen LogP contribution in [0.15, 0.2) is 24.3 Å². The van der Waals surface area contributed by atoms with E-state index in [1.807, 2.05) is 11.0 Å². The summed E-state index contributed by atoms with van der Waals surface area (Å²) >= 11 is 0. The van der Waals surface area contributed by atoms with Crippen LogP contribution in [-0.4, -0.2) is 47.4 Å². The molecule has 5 heteroatoms. The Labute approximate surface area is 123 Å². The van der Waals surface area contributed by atoms with Gasteiger partial charge in [-0.1, -0.05) is 18.2 Å². The summed E-state index contributed by atoms with van der Waals surface area (Å²) in [7, 11) is 2.07. The molecule has 2 aliphatic heterocycles. The Balaban J connectivity index is 1.70. The first-order valence-corrected chi connectivity index (χ1v) is 7.64. The van der Waals surface area contributed by atoms with Crippen LogP contribution in [0.4, 0.5) is 4.39 Å². The summed E-state index contributed by atoms with van der Waals surface area (Å²) in [5.41, 5.74) is 0.179. The lowest BCUT2D eigenvalue weighted by Crippen LogP contribution is -2.42. The van der Waals surface area contributed by atoms with Gasteiger partial charge in [-0.25, -0.2) is 4.39 Å². The van der Waals surface area contributed by atoms with E-state index in [0.29, 0.717) is 5.56 Å². The Morgan fingerprint density at radius 2 is 2.10 bits per heavy atom. The molecule has 21 heavy (non-hydrogen) atoms. The molecule has 2 heterocycles. The lowest BCUT2D eigenvalue weighted by atomic mass is 10.1. The second-order valence-electron chi connectivity index (χ2n) is 6.57. The van der Waals surface area contributed by atoms with E-state index >= 15 is 0 Å². The SMILES string of the molecule is CN1CCC(N2C(=O)C3(CC3)NC2c2ccccc2F)C1. The number of hydrogen-bond acceptors (Lipinski definition) is 3. The van der Waals surface area contributed by atoms with Gasteiger partial charge >= 0.3 is 0 Å². The highest BCUT2D eigenvalue weighted by molar-refractivity contribution is 5.92. The van der Waals surface area contributed by atoms with Crippen molar-refractivity contribution >= 4 is 5.91 Å². The highest BCUT2D eigenvalue weighted by atomic mass is 19.1. The van der Waals surface area contributed by atoms with Crippen molar-refractivity contribution in [2.45, 2.75) is 37.0 Å². The molecule has 1 saturated carbocycles. The minimum atomic E-state index is -0.409. The third kappa shape index (κ3) is 1.99. The van der Waals surface area contributed by atoms with Crippen LogP contribution >= 0.6 is 0 Å². The highest BCUT2D eigenvalue weighted by Crippen LogP contribution is 2.47. The first-order valence-electron chi connectivity index (χ1n) is 7.64. The monoisotopic (exact) mass is 289 g/mol. The van der Waals surface area contributed by atoms with Gasteiger partial charge in [0.2, 0.25) is 5.91 Å². The van der Waals surface area contributed by atoms with Gasteiger partial charge in [-0.3, -0.25) is 10.1 Å². The third-order valence-corrected chi connectivity index (χ3v) is 5.04. The molecule has 0 bridgehead atoms. The molecule has 2 saturated heterocycles. The number of rotatable bonds is 2. The summed E-state index contributed by atoms with van der Waals surface area (Å²) in [5, 5.41) is 3.41. The molecule has 2 unspecified atom stereocenters. The molecule has 1 aliphatic carbocycles. The van der Waals surface area contributed by atoms with Gasteiger partial charge in [0.25, 0.3) is 0 Å². The zero-order valence-electron chi connectivity index (χ0n) is 12.2. The zero-order chi connectivity index (χ0) is 14.6. The van der Waals surface area contributed by atoms with Crippen LogP contribution in [0, 0.1) is 5.82 Å². The Hall–Kier alpha value is -1.46. The Kier molecular flexibility index (Phi) is 2.84. The van der Waals surface area contributed by atoms with Crippen LogP contribution < -0.4 is 5.32 Å². The predicted molar refractivity (Wildman–Crippen MR) is 77.0 cm³/mol. The minimum absolute atomic E-state index is 0.163. The molecule has 1 amide bonds. The van der Waals surface area contributed by atoms with E-state index in [9.17, 15) is 9.18 Å². The zero-order valence-corrected chi connectivity index (χ0v) is 12.2. The highest BCUT2D eigenvalue weighted by Gasteiger charge is 2.61. The first kappa shape index (κ1) is 13.2. The van der Waals surface area contributed by atoms with E-state index in [1.54, 1.807) is 12.1 Å². The van der Waals surface area contributed by atoms with Crippen LogP contribution in [0.25, 0.3) is 0 Å². The van der Waals surface area contributed by atoms with Crippen molar-refractivity contribution in [2.75, 3.05) is 20.1 Å². The van der Waals surface area contributed by atoms with Crippen molar-refractivity contribution in [2.24, 2.45) is 0 Å². The van der Waals surface area contributed by atoms with E-state index in [0.717, 1.165) is 32.4 Å². The molecule has 1 spiro atoms. The molecule has 4 rings (SSSR count). The molecule has 4 nitrogen and oxygen atoms in total. The lowest BCUT2D eigenvalue weighted by molar-refractivity contribution is -0.132. The molecule has 1 aromatic carbocycles. The minimum Gasteiger partial charge on any atom is -0.317 e. The quantitative estimate of drug-likeness (QED) is 0.896. The van der Waals surface area contributed by atoms with Crippen molar-refractivity contribution in [3.63, 3.8) is 0 Å². The van der Waals surface area contributed by atoms with Crippen molar-refractivity contribution in [1.82, 2.24) is 15.1 Å². The number of amides is 1. The Bertz CT molecular complexity index is 587.